The summed E-state index contributed by atoms with van der Waals surface area (Å²) in [6.45, 7) is 5.55. The van der Waals surface area contributed by atoms with E-state index in [1.165, 1.54) is 22.7 Å². The van der Waals surface area contributed by atoms with E-state index in [2.05, 4.69) is 39.7 Å². The third-order valence-corrected chi connectivity index (χ3v) is 4.73. The Bertz CT molecular complexity index is 957. The third kappa shape index (κ3) is 5.93. The number of aryl methyl sites for hydroxylation is 1. The van der Waals surface area contributed by atoms with E-state index >= 15 is 0 Å². The van der Waals surface area contributed by atoms with Crippen LogP contribution in [0.5, 0.6) is 0 Å². The fourth-order valence-corrected chi connectivity index (χ4v) is 3.33. The lowest BCUT2D eigenvalue weighted by Gasteiger charge is -2.14. The summed E-state index contributed by atoms with van der Waals surface area (Å²) in [4.78, 5) is 7.82. The van der Waals surface area contributed by atoms with Gasteiger partial charge in [0.15, 0.2) is 5.96 Å². The molecule has 0 bridgehead atoms. The number of para-hydroxylation sites is 1. The van der Waals surface area contributed by atoms with Crippen LogP contribution >= 0.6 is 24.0 Å². The average Bonchev–Trinajstić information content (AvgIpc) is 3.01. The highest BCUT2D eigenvalue weighted by atomic mass is 127. The highest BCUT2D eigenvalue weighted by molar-refractivity contribution is 14.0. The summed E-state index contributed by atoms with van der Waals surface area (Å²) in [5.74, 6) is 0.188. The lowest BCUT2D eigenvalue weighted by atomic mass is 10.1. The second-order valence-corrected chi connectivity index (χ2v) is 6.71. The fraction of sp³-hybridized carbons (Fsp3) is 0.318. The van der Waals surface area contributed by atoms with E-state index in [1.807, 2.05) is 19.1 Å². The van der Waals surface area contributed by atoms with Gasteiger partial charge in [-0.15, -0.1) is 24.0 Å². The minimum atomic E-state index is -0.979. The van der Waals surface area contributed by atoms with Gasteiger partial charge >= 0.3 is 0 Å². The van der Waals surface area contributed by atoms with Crippen LogP contribution in [0.1, 0.15) is 29.8 Å². The smallest absolute Gasteiger partial charge is 0.191 e. The first-order valence-corrected chi connectivity index (χ1v) is 9.61. The second kappa shape index (κ2) is 11.2. The zero-order valence-corrected chi connectivity index (χ0v) is 19.0. The largest absolute Gasteiger partial charge is 0.386 e. The van der Waals surface area contributed by atoms with Crippen LogP contribution in [0.2, 0.25) is 0 Å². The topological polar surface area (TPSA) is 72.4 Å². The zero-order valence-electron chi connectivity index (χ0n) is 16.7. The number of aliphatic hydroxyl groups excluding tert-OH is 1. The van der Waals surface area contributed by atoms with Gasteiger partial charge in [-0.1, -0.05) is 36.4 Å². The number of hydrogen-bond acceptors (Lipinski definition) is 2. The van der Waals surface area contributed by atoms with Crippen molar-refractivity contribution in [2.75, 3.05) is 19.6 Å². The fourth-order valence-electron chi connectivity index (χ4n) is 3.33. The highest BCUT2D eigenvalue weighted by Gasteiger charge is 2.12. The van der Waals surface area contributed by atoms with Crippen molar-refractivity contribution in [1.29, 1.82) is 0 Å². The number of nitrogens with zero attached hydrogens (tertiary/aromatic N) is 1. The molecule has 0 fully saturated rings. The van der Waals surface area contributed by atoms with Crippen LogP contribution in [0.4, 0.5) is 4.39 Å². The molecular weight excluding hydrogens is 482 g/mol. The van der Waals surface area contributed by atoms with Gasteiger partial charge in [-0.05, 0) is 38.0 Å². The second-order valence-electron chi connectivity index (χ2n) is 6.71. The number of aliphatic imine (C=N–C) groups is 1. The number of aromatic amines is 1. The van der Waals surface area contributed by atoms with E-state index in [-0.39, 0.29) is 36.1 Å². The van der Waals surface area contributed by atoms with E-state index in [0.717, 1.165) is 11.9 Å². The first-order chi connectivity index (χ1) is 13.6. The molecule has 4 N–H and O–H groups in total. The molecule has 0 aliphatic carbocycles. The first kappa shape index (κ1) is 23.2. The van der Waals surface area contributed by atoms with Crippen molar-refractivity contribution in [2.24, 2.45) is 4.99 Å². The van der Waals surface area contributed by atoms with Gasteiger partial charge in [-0.3, -0.25) is 4.99 Å². The molecule has 3 aromatic rings. The molecule has 0 spiro atoms. The van der Waals surface area contributed by atoms with Crippen LogP contribution in [-0.2, 0) is 6.42 Å². The molecule has 0 aliphatic heterocycles. The Morgan fingerprint density at radius 1 is 1.14 bits per heavy atom. The molecule has 156 valence electrons. The van der Waals surface area contributed by atoms with Crippen LogP contribution in [0.25, 0.3) is 10.9 Å². The van der Waals surface area contributed by atoms with E-state index in [4.69, 9.17) is 0 Å². The number of fused-ring (bicyclic) bond motifs is 1. The molecule has 0 radical (unpaired) electrons. The maximum Gasteiger partial charge on any atom is 0.191 e. The standard InChI is InChI=1S/C22H27FN4O.HI/c1-3-24-22(26-14-21(28)18-9-4-6-10-19(18)23)25-13-12-16-15(2)27-20-11-7-5-8-17(16)20;/h4-11,21,27-28H,3,12-14H2,1-2H3,(H2,24,25,26);1H. The van der Waals surface area contributed by atoms with Crippen molar-refractivity contribution in [3.63, 3.8) is 0 Å². The van der Waals surface area contributed by atoms with Gasteiger partial charge in [0.05, 0.1) is 6.54 Å². The van der Waals surface area contributed by atoms with E-state index in [1.54, 1.807) is 18.2 Å². The molecule has 29 heavy (non-hydrogen) atoms. The summed E-state index contributed by atoms with van der Waals surface area (Å²) in [6.07, 6.45) is -0.136. The zero-order chi connectivity index (χ0) is 19.9. The average molecular weight is 510 g/mol. The number of halogens is 2. The van der Waals surface area contributed by atoms with Gasteiger partial charge in [0.25, 0.3) is 0 Å². The number of benzene rings is 2. The van der Waals surface area contributed by atoms with Gasteiger partial charge < -0.3 is 20.7 Å². The maximum absolute atomic E-state index is 13.8. The van der Waals surface area contributed by atoms with E-state index in [9.17, 15) is 9.50 Å². The lowest BCUT2D eigenvalue weighted by molar-refractivity contribution is 0.182. The van der Waals surface area contributed by atoms with Crippen molar-refractivity contribution in [3.05, 3.63) is 71.2 Å². The van der Waals surface area contributed by atoms with E-state index in [0.29, 0.717) is 19.0 Å². The number of hydrogen-bond donors (Lipinski definition) is 4. The number of aromatic nitrogens is 1. The monoisotopic (exact) mass is 510 g/mol. The molecular formula is C22H28FIN4O. The quantitative estimate of drug-likeness (QED) is 0.220. The van der Waals surface area contributed by atoms with Crippen molar-refractivity contribution in [2.45, 2.75) is 26.4 Å². The van der Waals surface area contributed by atoms with Crippen molar-refractivity contribution in [3.8, 4) is 0 Å². The maximum atomic E-state index is 13.8. The van der Waals surface area contributed by atoms with Gasteiger partial charge in [0.2, 0.25) is 0 Å². The molecule has 1 heterocycles. The molecule has 0 aliphatic rings. The van der Waals surface area contributed by atoms with Crippen LogP contribution < -0.4 is 10.6 Å². The Morgan fingerprint density at radius 2 is 1.86 bits per heavy atom. The molecule has 1 unspecified atom stereocenters. The number of H-pyrrole nitrogens is 1. The summed E-state index contributed by atoms with van der Waals surface area (Å²) >= 11 is 0. The molecule has 5 nitrogen and oxygen atoms in total. The number of nitrogens with one attached hydrogen (secondary N) is 3. The van der Waals surface area contributed by atoms with Gasteiger partial charge in [-0.25, -0.2) is 4.39 Å². The summed E-state index contributed by atoms with van der Waals surface area (Å²) in [5, 5.41) is 17.9. The molecule has 1 aromatic heterocycles. The summed E-state index contributed by atoms with van der Waals surface area (Å²) < 4.78 is 13.8. The Kier molecular flexibility index (Phi) is 8.91. The van der Waals surface area contributed by atoms with Crippen molar-refractivity contribution >= 4 is 40.8 Å². The normalized spacial score (nSPS) is 12.5. The van der Waals surface area contributed by atoms with Gasteiger partial charge in [-0.2, -0.15) is 0 Å². The predicted octanol–water partition coefficient (Wildman–Crippen LogP) is 4.06. The Morgan fingerprint density at radius 3 is 2.62 bits per heavy atom. The molecule has 0 saturated heterocycles. The van der Waals surface area contributed by atoms with Gasteiger partial charge in [0, 0.05) is 35.2 Å². The molecule has 1 atom stereocenters. The molecule has 3 rings (SSSR count). The van der Waals surface area contributed by atoms with Crippen LogP contribution in [-0.4, -0.2) is 35.7 Å². The first-order valence-electron chi connectivity index (χ1n) is 9.61. The van der Waals surface area contributed by atoms with Gasteiger partial charge in [0.1, 0.15) is 11.9 Å². The number of aliphatic hydroxyl groups is 1. The minimum Gasteiger partial charge on any atom is -0.386 e. The Balaban J connectivity index is 0.00000300. The molecule has 0 amide bonds. The molecule has 0 saturated carbocycles. The van der Waals surface area contributed by atoms with Crippen LogP contribution in [0, 0.1) is 12.7 Å². The Labute approximate surface area is 187 Å². The SMILES string of the molecule is CCNC(=NCC(O)c1ccccc1F)NCCc1c(C)[nH]c2ccccc12.I. The van der Waals surface area contributed by atoms with Crippen molar-refractivity contribution < 1.29 is 9.50 Å². The minimum absolute atomic E-state index is 0. The summed E-state index contributed by atoms with van der Waals surface area (Å²) in [6, 6.07) is 14.5. The predicted molar refractivity (Wildman–Crippen MR) is 127 cm³/mol. The Hall–Kier alpha value is -2.13. The highest BCUT2D eigenvalue weighted by Crippen LogP contribution is 2.22. The third-order valence-electron chi connectivity index (χ3n) is 4.73. The number of guanidine groups is 1. The molecule has 7 heteroatoms. The van der Waals surface area contributed by atoms with Crippen LogP contribution in [0.15, 0.2) is 53.5 Å². The van der Waals surface area contributed by atoms with E-state index < -0.39 is 11.9 Å². The lowest BCUT2D eigenvalue weighted by Crippen LogP contribution is -2.38. The van der Waals surface area contributed by atoms with Crippen molar-refractivity contribution in [1.82, 2.24) is 15.6 Å². The summed E-state index contributed by atoms with van der Waals surface area (Å²) in [5.41, 5.74) is 3.85. The van der Waals surface area contributed by atoms with Crippen LogP contribution in [0.3, 0.4) is 0 Å². The molecule has 2 aromatic carbocycles. The number of rotatable bonds is 7. The summed E-state index contributed by atoms with van der Waals surface area (Å²) in [7, 11) is 0.